The Bertz CT molecular complexity index is 932. The molecule has 1 aromatic heterocycles. The van der Waals surface area contributed by atoms with Crippen molar-refractivity contribution >= 4 is 22.7 Å². The third kappa shape index (κ3) is 3.35. The minimum absolute atomic E-state index is 0.0290. The first-order valence-electron chi connectivity index (χ1n) is 7.89. The molecule has 0 saturated carbocycles. The number of pyridine rings is 1. The van der Waals surface area contributed by atoms with E-state index >= 15 is 0 Å². The first-order valence-corrected chi connectivity index (χ1v) is 7.89. The zero-order chi connectivity index (χ0) is 17.8. The van der Waals surface area contributed by atoms with Crippen LogP contribution in [0.2, 0.25) is 0 Å². The monoisotopic (exact) mass is 335 g/mol. The molecule has 5 heteroatoms. The zero-order valence-electron chi connectivity index (χ0n) is 14.0. The van der Waals surface area contributed by atoms with Crippen LogP contribution in [0.25, 0.3) is 10.9 Å². The van der Waals surface area contributed by atoms with Gasteiger partial charge in [0.1, 0.15) is 5.75 Å². The van der Waals surface area contributed by atoms with E-state index in [2.05, 4.69) is 4.98 Å². The first kappa shape index (κ1) is 16.6. The number of fused-ring (bicyclic) bond motifs is 1. The molecule has 2 aromatic carbocycles. The van der Waals surface area contributed by atoms with Crippen LogP contribution in [0.3, 0.4) is 0 Å². The van der Waals surface area contributed by atoms with Crippen LogP contribution < -0.4 is 4.74 Å². The number of carbonyl (C=O) groups excluding carboxylic acids is 2. The average molecular weight is 335 g/mol. The lowest BCUT2D eigenvalue weighted by Gasteiger charge is -2.10. The van der Waals surface area contributed by atoms with Crippen LogP contribution in [0.4, 0.5) is 0 Å². The lowest BCUT2D eigenvalue weighted by atomic mass is 9.99. The number of methoxy groups -OCH3 is 1. The molecule has 126 valence electrons. The number of carbonyl (C=O) groups is 2. The third-order valence-corrected chi connectivity index (χ3v) is 3.79. The van der Waals surface area contributed by atoms with Crippen LogP contribution in [-0.4, -0.2) is 30.5 Å². The summed E-state index contributed by atoms with van der Waals surface area (Å²) in [5.74, 6) is -0.243. The minimum atomic E-state index is -0.606. The first-order chi connectivity index (χ1) is 12.1. The zero-order valence-corrected chi connectivity index (χ0v) is 14.0. The summed E-state index contributed by atoms with van der Waals surface area (Å²) in [7, 11) is 1.56. The van der Waals surface area contributed by atoms with Gasteiger partial charge in [0.2, 0.25) is 0 Å². The van der Waals surface area contributed by atoms with E-state index in [1.807, 2.05) is 18.2 Å². The van der Waals surface area contributed by atoms with E-state index in [0.29, 0.717) is 16.8 Å². The molecule has 0 fully saturated rings. The number of ketones is 1. The maximum Gasteiger partial charge on any atom is 0.357 e. The van der Waals surface area contributed by atoms with Gasteiger partial charge in [-0.15, -0.1) is 0 Å². The predicted molar refractivity (Wildman–Crippen MR) is 94.1 cm³/mol. The highest BCUT2D eigenvalue weighted by Gasteiger charge is 2.22. The molecule has 25 heavy (non-hydrogen) atoms. The molecule has 0 unspecified atom stereocenters. The molecule has 1 heterocycles. The lowest BCUT2D eigenvalue weighted by molar-refractivity contribution is 0.0517. The second kappa shape index (κ2) is 7.13. The van der Waals surface area contributed by atoms with Crippen molar-refractivity contribution in [1.82, 2.24) is 4.98 Å². The van der Waals surface area contributed by atoms with E-state index < -0.39 is 5.97 Å². The van der Waals surface area contributed by atoms with Gasteiger partial charge in [-0.05, 0) is 43.3 Å². The molecular weight excluding hydrogens is 318 g/mol. The van der Waals surface area contributed by atoms with Crippen LogP contribution in [0.5, 0.6) is 5.75 Å². The molecule has 0 N–H and O–H groups in total. The van der Waals surface area contributed by atoms with Gasteiger partial charge in [-0.3, -0.25) is 4.79 Å². The number of para-hydroxylation sites is 1. The molecular formula is C20H17NO4. The molecule has 0 amide bonds. The van der Waals surface area contributed by atoms with E-state index in [-0.39, 0.29) is 23.6 Å². The highest BCUT2D eigenvalue weighted by Crippen LogP contribution is 2.22. The molecule has 0 bridgehead atoms. The van der Waals surface area contributed by atoms with E-state index in [0.717, 1.165) is 5.39 Å². The second-order valence-electron chi connectivity index (χ2n) is 5.36. The Hall–Kier alpha value is -3.21. The highest BCUT2D eigenvalue weighted by molar-refractivity contribution is 6.15. The smallest absolute Gasteiger partial charge is 0.357 e. The van der Waals surface area contributed by atoms with Gasteiger partial charge >= 0.3 is 5.97 Å². The third-order valence-electron chi connectivity index (χ3n) is 3.79. The van der Waals surface area contributed by atoms with Gasteiger partial charge in [0.25, 0.3) is 0 Å². The fraction of sp³-hybridized carbons (Fsp3) is 0.150. The van der Waals surface area contributed by atoms with Crippen LogP contribution in [0.1, 0.15) is 33.3 Å². The summed E-state index contributed by atoms with van der Waals surface area (Å²) in [5.41, 5.74) is 1.34. The normalized spacial score (nSPS) is 10.5. The fourth-order valence-corrected chi connectivity index (χ4v) is 2.54. The van der Waals surface area contributed by atoms with E-state index in [9.17, 15) is 9.59 Å². The molecule has 3 rings (SSSR count). The second-order valence-corrected chi connectivity index (χ2v) is 5.36. The molecule has 0 spiro atoms. The summed E-state index contributed by atoms with van der Waals surface area (Å²) in [6.45, 7) is 1.92. The highest BCUT2D eigenvalue weighted by atomic mass is 16.5. The fourth-order valence-electron chi connectivity index (χ4n) is 2.54. The summed E-state index contributed by atoms with van der Waals surface area (Å²) >= 11 is 0. The minimum Gasteiger partial charge on any atom is -0.497 e. The summed E-state index contributed by atoms with van der Waals surface area (Å²) < 4.78 is 10.2. The van der Waals surface area contributed by atoms with Crippen molar-refractivity contribution in [3.05, 3.63) is 71.4 Å². The van der Waals surface area contributed by atoms with Gasteiger partial charge in [0, 0.05) is 10.9 Å². The number of hydrogen-bond donors (Lipinski definition) is 0. The lowest BCUT2D eigenvalue weighted by Crippen LogP contribution is -2.15. The Morgan fingerprint density at radius 1 is 1.04 bits per heavy atom. The Balaban J connectivity index is 2.12. The van der Waals surface area contributed by atoms with Crippen molar-refractivity contribution in [2.45, 2.75) is 6.92 Å². The van der Waals surface area contributed by atoms with Crippen molar-refractivity contribution < 1.29 is 19.1 Å². The summed E-state index contributed by atoms with van der Waals surface area (Å²) in [6, 6.07) is 15.7. The van der Waals surface area contributed by atoms with Crippen LogP contribution in [0, 0.1) is 0 Å². The molecule has 0 atom stereocenters. The van der Waals surface area contributed by atoms with Crippen molar-refractivity contribution in [3.63, 3.8) is 0 Å². The standard InChI is InChI=1S/C20H17NO4/c1-3-25-20(23)18-16(12-14-6-4-5-7-17(14)21-18)19(22)13-8-10-15(24-2)11-9-13/h4-12H,3H2,1-2H3. The largest absolute Gasteiger partial charge is 0.497 e. The molecule has 0 aliphatic carbocycles. The van der Waals surface area contributed by atoms with Crippen molar-refractivity contribution in [3.8, 4) is 5.75 Å². The van der Waals surface area contributed by atoms with E-state index in [1.165, 1.54) is 0 Å². The average Bonchev–Trinajstić information content (AvgIpc) is 2.66. The molecule has 0 aliphatic heterocycles. The van der Waals surface area contributed by atoms with Gasteiger partial charge in [0.15, 0.2) is 11.5 Å². The Labute approximate surface area is 145 Å². The van der Waals surface area contributed by atoms with Gasteiger partial charge in [-0.25, -0.2) is 9.78 Å². The quantitative estimate of drug-likeness (QED) is 0.526. The van der Waals surface area contributed by atoms with Gasteiger partial charge in [0.05, 0.1) is 24.8 Å². The Morgan fingerprint density at radius 3 is 2.44 bits per heavy atom. The van der Waals surface area contributed by atoms with E-state index in [4.69, 9.17) is 9.47 Å². The Morgan fingerprint density at radius 2 is 1.76 bits per heavy atom. The number of ether oxygens (including phenoxy) is 2. The summed E-state index contributed by atoms with van der Waals surface area (Å²) in [5, 5.41) is 0.785. The molecule has 3 aromatic rings. The SMILES string of the molecule is CCOC(=O)c1nc2ccccc2cc1C(=O)c1ccc(OC)cc1. The Kier molecular flexibility index (Phi) is 4.75. The van der Waals surface area contributed by atoms with E-state index in [1.54, 1.807) is 50.4 Å². The van der Waals surface area contributed by atoms with Crippen molar-refractivity contribution in [1.29, 1.82) is 0 Å². The van der Waals surface area contributed by atoms with Gasteiger partial charge < -0.3 is 9.47 Å². The van der Waals surface area contributed by atoms with Crippen molar-refractivity contribution in [2.75, 3.05) is 13.7 Å². The molecule has 0 radical (unpaired) electrons. The summed E-state index contributed by atoms with van der Waals surface area (Å²) in [6.07, 6.45) is 0. The topological polar surface area (TPSA) is 65.5 Å². The van der Waals surface area contributed by atoms with Crippen LogP contribution >= 0.6 is 0 Å². The molecule has 0 saturated heterocycles. The molecule has 5 nitrogen and oxygen atoms in total. The van der Waals surface area contributed by atoms with Crippen molar-refractivity contribution in [2.24, 2.45) is 0 Å². The molecule has 0 aliphatic rings. The number of aromatic nitrogens is 1. The predicted octanol–water partition coefficient (Wildman–Crippen LogP) is 3.65. The summed E-state index contributed by atoms with van der Waals surface area (Å²) in [4.78, 5) is 29.6. The number of nitrogens with zero attached hydrogens (tertiary/aromatic N) is 1. The number of benzene rings is 2. The van der Waals surface area contributed by atoms with Gasteiger partial charge in [-0.2, -0.15) is 0 Å². The van der Waals surface area contributed by atoms with Crippen LogP contribution in [0.15, 0.2) is 54.6 Å². The maximum atomic E-state index is 12.9. The van der Waals surface area contributed by atoms with Crippen LogP contribution in [-0.2, 0) is 4.74 Å². The maximum absolute atomic E-state index is 12.9. The number of esters is 1. The van der Waals surface area contributed by atoms with Gasteiger partial charge in [-0.1, -0.05) is 18.2 Å². The number of hydrogen-bond acceptors (Lipinski definition) is 5. The number of rotatable bonds is 5.